The minimum Gasteiger partial charge on any atom is -0.292 e. The highest BCUT2D eigenvalue weighted by Gasteiger charge is 2.22. The molecule has 25 heavy (non-hydrogen) atoms. The zero-order valence-corrected chi connectivity index (χ0v) is 14.8. The van der Waals surface area contributed by atoms with E-state index in [2.05, 4.69) is 6.07 Å². The van der Waals surface area contributed by atoms with Crippen LogP contribution in [-0.2, 0) is 19.4 Å². The summed E-state index contributed by atoms with van der Waals surface area (Å²) in [5, 5.41) is 9.66. The summed E-state index contributed by atoms with van der Waals surface area (Å²) < 4.78 is 1.77. The van der Waals surface area contributed by atoms with Gasteiger partial charge in [-0.2, -0.15) is 5.26 Å². The maximum Gasteiger partial charge on any atom is 0.262 e. The summed E-state index contributed by atoms with van der Waals surface area (Å²) in [6, 6.07) is 12.0. The van der Waals surface area contributed by atoms with Gasteiger partial charge in [0.15, 0.2) is 0 Å². The standard InChI is InChI=1S/C20H19N3OS/c21-12-6-7-13-23-18(14-8-2-1-3-9-14)22-19-17(20(23)24)15-10-4-5-11-16(15)25-19/h1-3,8-9H,4-7,10-11,13H2. The van der Waals surface area contributed by atoms with Crippen LogP contribution in [0.5, 0.6) is 0 Å². The molecule has 0 unspecified atom stereocenters. The van der Waals surface area contributed by atoms with Crippen LogP contribution < -0.4 is 5.56 Å². The van der Waals surface area contributed by atoms with Gasteiger partial charge >= 0.3 is 0 Å². The summed E-state index contributed by atoms with van der Waals surface area (Å²) in [7, 11) is 0. The molecule has 0 aliphatic heterocycles. The summed E-state index contributed by atoms with van der Waals surface area (Å²) in [5.41, 5.74) is 2.23. The Morgan fingerprint density at radius 3 is 2.80 bits per heavy atom. The molecule has 4 nitrogen and oxygen atoms in total. The van der Waals surface area contributed by atoms with Crippen molar-refractivity contribution in [1.82, 2.24) is 9.55 Å². The third kappa shape index (κ3) is 2.87. The zero-order chi connectivity index (χ0) is 17.2. The van der Waals surface area contributed by atoms with Crippen molar-refractivity contribution >= 4 is 21.6 Å². The fourth-order valence-electron chi connectivity index (χ4n) is 3.57. The van der Waals surface area contributed by atoms with Gasteiger partial charge in [-0.3, -0.25) is 9.36 Å². The first-order valence-corrected chi connectivity index (χ1v) is 9.58. The summed E-state index contributed by atoms with van der Waals surface area (Å²) in [6.07, 6.45) is 5.49. The van der Waals surface area contributed by atoms with Gasteiger partial charge in [-0.15, -0.1) is 11.3 Å². The molecule has 2 heterocycles. The van der Waals surface area contributed by atoms with Gasteiger partial charge in [0.2, 0.25) is 0 Å². The smallest absolute Gasteiger partial charge is 0.262 e. The fourth-order valence-corrected chi connectivity index (χ4v) is 4.82. The lowest BCUT2D eigenvalue weighted by Gasteiger charge is -2.13. The molecule has 0 fully saturated rings. The molecule has 4 rings (SSSR count). The van der Waals surface area contributed by atoms with Crippen LogP contribution in [0.1, 0.15) is 36.1 Å². The summed E-state index contributed by atoms with van der Waals surface area (Å²) in [4.78, 5) is 20.4. The Morgan fingerprint density at radius 1 is 1.20 bits per heavy atom. The van der Waals surface area contributed by atoms with E-state index in [-0.39, 0.29) is 5.56 Å². The molecule has 126 valence electrons. The SMILES string of the molecule is N#CCCCn1c(-c2ccccc2)nc2sc3c(c2c1=O)CCCC3. The molecule has 0 bridgehead atoms. The molecule has 5 heteroatoms. The van der Waals surface area contributed by atoms with E-state index in [1.807, 2.05) is 30.3 Å². The average Bonchev–Trinajstić information content (AvgIpc) is 3.03. The number of aromatic nitrogens is 2. The second kappa shape index (κ2) is 6.81. The Morgan fingerprint density at radius 2 is 2.00 bits per heavy atom. The molecule has 0 saturated carbocycles. The summed E-state index contributed by atoms with van der Waals surface area (Å²) >= 11 is 1.68. The first kappa shape index (κ1) is 16.0. The van der Waals surface area contributed by atoms with Gasteiger partial charge in [0.1, 0.15) is 10.7 Å². The number of nitriles is 1. The fraction of sp³-hybridized carbons (Fsp3) is 0.350. The van der Waals surface area contributed by atoms with Crippen molar-refractivity contribution in [1.29, 1.82) is 5.26 Å². The lowest BCUT2D eigenvalue weighted by molar-refractivity contribution is 0.633. The molecule has 0 saturated heterocycles. The quantitative estimate of drug-likeness (QED) is 0.660. The molecule has 1 aliphatic carbocycles. The lowest BCUT2D eigenvalue weighted by atomic mass is 9.97. The minimum atomic E-state index is 0.0567. The Kier molecular flexibility index (Phi) is 4.37. The summed E-state index contributed by atoms with van der Waals surface area (Å²) in [5.74, 6) is 0.717. The second-order valence-corrected chi connectivity index (χ2v) is 7.49. The highest BCUT2D eigenvalue weighted by atomic mass is 32.1. The molecule has 0 amide bonds. The number of unbranched alkanes of at least 4 members (excludes halogenated alkanes) is 1. The van der Waals surface area contributed by atoms with Crippen LogP contribution in [-0.4, -0.2) is 9.55 Å². The molecule has 0 N–H and O–H groups in total. The van der Waals surface area contributed by atoms with E-state index < -0.39 is 0 Å². The van der Waals surface area contributed by atoms with Crippen LogP contribution in [0.3, 0.4) is 0 Å². The maximum absolute atomic E-state index is 13.3. The van der Waals surface area contributed by atoms with E-state index in [4.69, 9.17) is 10.2 Å². The van der Waals surface area contributed by atoms with Crippen molar-refractivity contribution in [2.75, 3.05) is 0 Å². The van der Waals surface area contributed by atoms with E-state index in [1.54, 1.807) is 15.9 Å². The van der Waals surface area contributed by atoms with Crippen molar-refractivity contribution in [2.45, 2.75) is 45.1 Å². The molecular formula is C20H19N3OS. The monoisotopic (exact) mass is 349 g/mol. The predicted octanol–water partition coefficient (Wildman–Crippen LogP) is 4.31. The van der Waals surface area contributed by atoms with Gasteiger partial charge < -0.3 is 0 Å². The van der Waals surface area contributed by atoms with E-state index in [9.17, 15) is 4.79 Å². The van der Waals surface area contributed by atoms with Crippen LogP contribution in [0.4, 0.5) is 0 Å². The molecule has 1 aromatic carbocycles. The largest absolute Gasteiger partial charge is 0.292 e. The van der Waals surface area contributed by atoms with E-state index in [0.717, 1.165) is 40.9 Å². The van der Waals surface area contributed by atoms with Crippen LogP contribution in [0.15, 0.2) is 35.1 Å². The van der Waals surface area contributed by atoms with Gasteiger partial charge in [0.05, 0.1) is 11.5 Å². The number of fused-ring (bicyclic) bond motifs is 3. The summed E-state index contributed by atoms with van der Waals surface area (Å²) in [6.45, 7) is 0.532. The third-order valence-corrected chi connectivity index (χ3v) is 5.96. The van der Waals surface area contributed by atoms with E-state index in [0.29, 0.717) is 19.4 Å². The number of benzene rings is 1. The zero-order valence-electron chi connectivity index (χ0n) is 14.0. The first-order chi connectivity index (χ1) is 12.3. The number of aryl methyl sites for hydroxylation is 2. The van der Waals surface area contributed by atoms with Gasteiger partial charge in [-0.05, 0) is 37.7 Å². The molecular weight excluding hydrogens is 330 g/mol. The highest BCUT2D eigenvalue weighted by Crippen LogP contribution is 2.34. The van der Waals surface area contributed by atoms with Crippen molar-refractivity contribution in [3.63, 3.8) is 0 Å². The number of nitrogens with zero attached hydrogens (tertiary/aromatic N) is 3. The highest BCUT2D eigenvalue weighted by molar-refractivity contribution is 7.18. The maximum atomic E-state index is 13.3. The second-order valence-electron chi connectivity index (χ2n) is 6.41. The molecule has 0 spiro atoms. The number of rotatable bonds is 4. The van der Waals surface area contributed by atoms with Gasteiger partial charge in [-0.1, -0.05) is 30.3 Å². The van der Waals surface area contributed by atoms with Crippen LogP contribution in [0, 0.1) is 11.3 Å². The normalized spacial score (nSPS) is 13.6. The predicted molar refractivity (Wildman–Crippen MR) is 101 cm³/mol. The number of hydrogen-bond donors (Lipinski definition) is 0. The van der Waals surface area contributed by atoms with E-state index >= 15 is 0 Å². The Labute approximate surface area is 150 Å². The van der Waals surface area contributed by atoms with Crippen molar-refractivity contribution < 1.29 is 0 Å². The number of thiophene rings is 1. The number of hydrogen-bond acceptors (Lipinski definition) is 4. The van der Waals surface area contributed by atoms with Crippen molar-refractivity contribution in [3.8, 4) is 17.5 Å². The van der Waals surface area contributed by atoms with Crippen LogP contribution >= 0.6 is 11.3 Å². The van der Waals surface area contributed by atoms with E-state index in [1.165, 1.54) is 16.9 Å². The van der Waals surface area contributed by atoms with Crippen LogP contribution in [0.2, 0.25) is 0 Å². The lowest BCUT2D eigenvalue weighted by Crippen LogP contribution is -2.24. The molecule has 0 atom stereocenters. The van der Waals surface area contributed by atoms with Gasteiger partial charge in [0.25, 0.3) is 5.56 Å². The topological polar surface area (TPSA) is 58.7 Å². The third-order valence-electron chi connectivity index (χ3n) is 4.78. The van der Waals surface area contributed by atoms with Crippen molar-refractivity contribution in [3.05, 3.63) is 51.1 Å². The minimum absolute atomic E-state index is 0.0567. The Bertz CT molecular complexity index is 1010. The van der Waals surface area contributed by atoms with Gasteiger partial charge in [0, 0.05) is 23.4 Å². The van der Waals surface area contributed by atoms with Crippen LogP contribution in [0.25, 0.3) is 21.6 Å². The molecule has 0 radical (unpaired) electrons. The van der Waals surface area contributed by atoms with Crippen molar-refractivity contribution in [2.24, 2.45) is 0 Å². The first-order valence-electron chi connectivity index (χ1n) is 8.77. The van der Waals surface area contributed by atoms with Gasteiger partial charge in [-0.25, -0.2) is 4.98 Å². The Balaban J connectivity index is 1.95. The average molecular weight is 349 g/mol. The Hall–Kier alpha value is -2.45. The molecule has 3 aromatic rings. The molecule has 1 aliphatic rings. The molecule has 2 aromatic heterocycles.